The highest BCUT2D eigenvalue weighted by molar-refractivity contribution is 6.00. The summed E-state index contributed by atoms with van der Waals surface area (Å²) in [6, 6.07) is 10.6. The van der Waals surface area contributed by atoms with Crippen LogP contribution in [0.1, 0.15) is 40.7 Å². The number of ketones is 1. The summed E-state index contributed by atoms with van der Waals surface area (Å²) in [7, 11) is 0. The van der Waals surface area contributed by atoms with Crippen LogP contribution in [0.25, 0.3) is 16.9 Å². The monoisotopic (exact) mass is 456 g/mol. The quantitative estimate of drug-likeness (QED) is 0.553. The van der Waals surface area contributed by atoms with Crippen LogP contribution >= 0.6 is 0 Å². The van der Waals surface area contributed by atoms with Crippen molar-refractivity contribution in [3.63, 3.8) is 0 Å². The molecule has 2 fully saturated rings. The summed E-state index contributed by atoms with van der Waals surface area (Å²) in [5.41, 5.74) is 2.99. The van der Waals surface area contributed by atoms with Gasteiger partial charge in [-0.3, -0.25) is 14.7 Å². The molecule has 0 bridgehead atoms. The number of H-pyrrole nitrogens is 1. The molecule has 4 heterocycles. The van der Waals surface area contributed by atoms with E-state index in [0.29, 0.717) is 28.4 Å². The van der Waals surface area contributed by atoms with Crippen LogP contribution in [0.3, 0.4) is 0 Å². The lowest BCUT2D eigenvalue weighted by Crippen LogP contribution is -2.40. The molecule has 8 heteroatoms. The van der Waals surface area contributed by atoms with E-state index < -0.39 is 0 Å². The van der Waals surface area contributed by atoms with Crippen LogP contribution < -0.4 is 10.9 Å². The highest BCUT2D eigenvalue weighted by Gasteiger charge is 2.34. The third kappa shape index (κ3) is 4.20. The van der Waals surface area contributed by atoms with Crippen LogP contribution in [-0.4, -0.2) is 57.7 Å². The van der Waals surface area contributed by atoms with Crippen LogP contribution in [0.2, 0.25) is 0 Å². The van der Waals surface area contributed by atoms with Crippen LogP contribution in [0.5, 0.6) is 0 Å². The van der Waals surface area contributed by atoms with Gasteiger partial charge in [0, 0.05) is 24.5 Å². The molecule has 174 valence electrons. The van der Waals surface area contributed by atoms with Gasteiger partial charge in [-0.2, -0.15) is 5.26 Å². The fraction of sp³-hybridized carbons (Fsp3) is 0.385. The Kier molecular flexibility index (Phi) is 6.14. The second-order valence-electron chi connectivity index (χ2n) is 9.23. The Morgan fingerprint density at radius 3 is 2.74 bits per heavy atom. The summed E-state index contributed by atoms with van der Waals surface area (Å²) in [5.74, 6) is 0.801. The summed E-state index contributed by atoms with van der Waals surface area (Å²) in [6.07, 6.45) is 6.70. The van der Waals surface area contributed by atoms with Crippen LogP contribution in [0.4, 0.5) is 0 Å². The van der Waals surface area contributed by atoms with Crippen molar-refractivity contribution >= 4 is 5.78 Å². The number of nitriles is 1. The van der Waals surface area contributed by atoms with Crippen molar-refractivity contribution in [1.82, 2.24) is 25.0 Å². The van der Waals surface area contributed by atoms with Crippen LogP contribution in [0.15, 0.2) is 47.5 Å². The molecule has 2 aliphatic rings. The second kappa shape index (κ2) is 9.37. The van der Waals surface area contributed by atoms with Gasteiger partial charge in [0.15, 0.2) is 11.6 Å². The van der Waals surface area contributed by atoms with Gasteiger partial charge in [0.25, 0.3) is 5.56 Å². The molecule has 2 atom stereocenters. The summed E-state index contributed by atoms with van der Waals surface area (Å²) >= 11 is 0. The number of benzene rings is 1. The topological polar surface area (TPSA) is 107 Å². The Labute approximate surface area is 198 Å². The van der Waals surface area contributed by atoms with Gasteiger partial charge < -0.3 is 10.2 Å². The van der Waals surface area contributed by atoms with Gasteiger partial charge in [-0.15, -0.1) is 0 Å². The fourth-order valence-corrected chi connectivity index (χ4v) is 5.17. The zero-order chi connectivity index (χ0) is 23.7. The number of carbonyl (C=O) groups excluding carboxylic acids is 1. The molecule has 0 saturated carbocycles. The summed E-state index contributed by atoms with van der Waals surface area (Å²) in [6.45, 7) is 5.95. The number of likely N-dealkylation sites (tertiary alicyclic amines) is 1. The molecule has 2 aromatic heterocycles. The van der Waals surface area contributed by atoms with Gasteiger partial charge in [0.1, 0.15) is 0 Å². The molecular weight excluding hydrogens is 428 g/mol. The molecule has 34 heavy (non-hydrogen) atoms. The van der Waals surface area contributed by atoms with Crippen molar-refractivity contribution in [3.8, 4) is 23.0 Å². The zero-order valence-corrected chi connectivity index (χ0v) is 19.3. The first kappa shape index (κ1) is 22.3. The SMILES string of the molecule is Cc1cc(C#N)ccc1-c1c[nH]n(-c2ccc(C(=O)C3NCC[C@@H]3CN3CCCC3)cn2)c1=O. The average Bonchev–Trinajstić information content (AvgIpc) is 3.61. The van der Waals surface area contributed by atoms with E-state index in [0.717, 1.165) is 43.7 Å². The highest BCUT2D eigenvalue weighted by atomic mass is 16.1. The third-order valence-corrected chi connectivity index (χ3v) is 7.00. The minimum atomic E-state index is -0.234. The molecule has 2 aliphatic heterocycles. The van der Waals surface area contributed by atoms with Gasteiger partial charge in [0.2, 0.25) is 0 Å². The number of hydrogen-bond acceptors (Lipinski definition) is 6. The number of Topliss-reactive ketones (excluding diaryl/α,β-unsaturated/α-hetero) is 1. The van der Waals surface area contributed by atoms with E-state index in [1.807, 2.05) is 6.92 Å². The summed E-state index contributed by atoms with van der Waals surface area (Å²) in [4.78, 5) is 33.1. The Morgan fingerprint density at radius 2 is 2.03 bits per heavy atom. The van der Waals surface area contributed by atoms with E-state index >= 15 is 0 Å². The molecule has 0 amide bonds. The van der Waals surface area contributed by atoms with Crippen molar-refractivity contribution in [2.45, 2.75) is 32.2 Å². The van der Waals surface area contributed by atoms with E-state index in [1.165, 1.54) is 17.5 Å². The smallest absolute Gasteiger partial charge is 0.280 e. The largest absolute Gasteiger partial charge is 0.307 e. The average molecular weight is 457 g/mol. The van der Waals surface area contributed by atoms with Crippen molar-refractivity contribution in [1.29, 1.82) is 5.26 Å². The summed E-state index contributed by atoms with van der Waals surface area (Å²) in [5, 5.41) is 15.4. The molecule has 8 nitrogen and oxygen atoms in total. The van der Waals surface area contributed by atoms with Gasteiger partial charge in [-0.1, -0.05) is 6.07 Å². The maximum Gasteiger partial charge on any atom is 0.280 e. The van der Waals surface area contributed by atoms with Crippen LogP contribution in [-0.2, 0) is 0 Å². The molecule has 5 rings (SSSR count). The lowest BCUT2D eigenvalue weighted by molar-refractivity contribution is 0.0917. The number of aromatic nitrogens is 3. The molecule has 1 aromatic carbocycles. The first-order valence-electron chi connectivity index (χ1n) is 11.8. The maximum absolute atomic E-state index is 13.2. The first-order chi connectivity index (χ1) is 16.5. The number of hydrogen-bond donors (Lipinski definition) is 2. The zero-order valence-electron chi connectivity index (χ0n) is 19.3. The number of carbonyl (C=O) groups is 1. The van der Waals surface area contributed by atoms with Crippen molar-refractivity contribution in [2.75, 3.05) is 26.2 Å². The fourth-order valence-electron chi connectivity index (χ4n) is 5.17. The number of aromatic amines is 1. The molecule has 0 aliphatic carbocycles. The van der Waals surface area contributed by atoms with E-state index in [9.17, 15) is 9.59 Å². The molecule has 2 N–H and O–H groups in total. The molecule has 0 spiro atoms. The number of nitrogens with zero attached hydrogens (tertiary/aromatic N) is 4. The molecule has 1 unspecified atom stereocenters. The van der Waals surface area contributed by atoms with E-state index in [1.54, 1.807) is 42.7 Å². The first-order valence-corrected chi connectivity index (χ1v) is 11.8. The van der Waals surface area contributed by atoms with Gasteiger partial charge in [0.05, 0.1) is 23.2 Å². The predicted octanol–water partition coefficient (Wildman–Crippen LogP) is 2.66. The molecule has 2 saturated heterocycles. The van der Waals surface area contributed by atoms with Gasteiger partial charge in [-0.25, -0.2) is 9.67 Å². The maximum atomic E-state index is 13.2. The van der Waals surface area contributed by atoms with Crippen molar-refractivity contribution < 1.29 is 4.79 Å². The lowest BCUT2D eigenvalue weighted by Gasteiger charge is -2.24. The Bertz CT molecular complexity index is 1290. The number of pyridine rings is 1. The second-order valence-corrected chi connectivity index (χ2v) is 9.23. The Balaban J connectivity index is 1.34. The van der Waals surface area contributed by atoms with E-state index in [2.05, 4.69) is 26.4 Å². The minimum absolute atomic E-state index is 0.0634. The standard InChI is InChI=1S/C26H28N6O2/c1-17-12-18(13-27)4-6-21(17)22-15-30-32(26(22)34)23-7-5-19(14-29-23)25(33)24-20(8-9-28-24)16-31-10-2-3-11-31/h4-7,12,14-15,20,24,28,30H,2-3,8-11,16H2,1H3/t20-,24?/m1/s1. The van der Waals surface area contributed by atoms with Crippen molar-refractivity contribution in [3.05, 3.63) is 69.8 Å². The van der Waals surface area contributed by atoms with E-state index in [-0.39, 0.29) is 17.4 Å². The number of aryl methyl sites for hydroxylation is 1. The highest BCUT2D eigenvalue weighted by Crippen LogP contribution is 2.24. The Hall–Kier alpha value is -3.54. The van der Waals surface area contributed by atoms with Crippen molar-refractivity contribution in [2.24, 2.45) is 5.92 Å². The third-order valence-electron chi connectivity index (χ3n) is 7.00. The lowest BCUT2D eigenvalue weighted by atomic mass is 9.93. The van der Waals surface area contributed by atoms with E-state index in [4.69, 9.17) is 5.26 Å². The van der Waals surface area contributed by atoms with Gasteiger partial charge >= 0.3 is 0 Å². The normalized spacial score (nSPS) is 20.5. The summed E-state index contributed by atoms with van der Waals surface area (Å²) < 4.78 is 1.37. The Morgan fingerprint density at radius 1 is 1.21 bits per heavy atom. The molecular formula is C26H28N6O2. The number of rotatable bonds is 6. The van der Waals surface area contributed by atoms with Crippen LogP contribution in [0, 0.1) is 24.2 Å². The predicted molar refractivity (Wildman–Crippen MR) is 129 cm³/mol. The number of nitrogens with one attached hydrogen (secondary N) is 2. The van der Waals surface area contributed by atoms with Gasteiger partial charge in [-0.05, 0) is 87.1 Å². The minimum Gasteiger partial charge on any atom is -0.307 e. The molecule has 3 aromatic rings. The molecule has 0 radical (unpaired) electrons.